The molecule has 2 N–H and O–H groups in total. The zero-order valence-corrected chi connectivity index (χ0v) is 15.8. The predicted octanol–water partition coefficient (Wildman–Crippen LogP) is 2.08. The fourth-order valence-corrected chi connectivity index (χ4v) is 4.77. The summed E-state index contributed by atoms with van der Waals surface area (Å²) in [5, 5.41) is 10.9. The number of nitrogens with one attached hydrogen (secondary N) is 1. The molecule has 25 heavy (non-hydrogen) atoms. The van der Waals surface area contributed by atoms with Crippen LogP contribution < -0.4 is 5.56 Å². The first-order chi connectivity index (χ1) is 12.1. The summed E-state index contributed by atoms with van der Waals surface area (Å²) in [4.78, 5) is 24.5. The van der Waals surface area contributed by atoms with Gasteiger partial charge in [0.25, 0.3) is 5.56 Å². The molecule has 0 aliphatic heterocycles. The highest BCUT2D eigenvalue weighted by molar-refractivity contribution is 7.18. The molecular weight excluding hydrogens is 338 g/mol. The van der Waals surface area contributed by atoms with Gasteiger partial charge in [0.1, 0.15) is 10.7 Å². The third-order valence-corrected chi connectivity index (χ3v) is 5.71. The minimum atomic E-state index is -0.535. The molecule has 0 saturated heterocycles. The molecule has 0 unspecified atom stereocenters. The highest BCUT2D eigenvalue weighted by Gasteiger charge is 2.21. The SMILES string of the molecule is CCCN(Cc1nc2sc3c(c2c(=O)[nH]1)CCC3)C[C@H](O)COCC. The van der Waals surface area contributed by atoms with Crippen molar-refractivity contribution in [1.29, 1.82) is 0 Å². The number of fused-ring (bicyclic) bond motifs is 3. The Morgan fingerprint density at radius 3 is 3.00 bits per heavy atom. The maximum atomic E-state index is 12.5. The lowest BCUT2D eigenvalue weighted by Crippen LogP contribution is -2.36. The number of rotatable bonds is 9. The smallest absolute Gasteiger partial charge is 0.259 e. The fraction of sp³-hybridized carbons (Fsp3) is 0.667. The van der Waals surface area contributed by atoms with Crippen LogP contribution >= 0.6 is 11.3 Å². The number of hydrogen-bond acceptors (Lipinski definition) is 6. The van der Waals surface area contributed by atoms with Crippen molar-refractivity contribution in [3.8, 4) is 0 Å². The van der Waals surface area contributed by atoms with E-state index in [0.29, 0.717) is 32.1 Å². The zero-order valence-electron chi connectivity index (χ0n) is 15.0. The summed E-state index contributed by atoms with van der Waals surface area (Å²) < 4.78 is 5.29. The monoisotopic (exact) mass is 365 g/mol. The van der Waals surface area contributed by atoms with Crippen molar-refractivity contribution in [2.24, 2.45) is 0 Å². The Balaban J connectivity index is 1.76. The van der Waals surface area contributed by atoms with Gasteiger partial charge in [0.05, 0.1) is 24.6 Å². The van der Waals surface area contributed by atoms with Gasteiger partial charge in [-0.1, -0.05) is 6.92 Å². The van der Waals surface area contributed by atoms with E-state index in [-0.39, 0.29) is 5.56 Å². The molecule has 0 bridgehead atoms. The van der Waals surface area contributed by atoms with Crippen molar-refractivity contribution >= 4 is 21.6 Å². The molecule has 2 aromatic heterocycles. The zero-order chi connectivity index (χ0) is 17.8. The molecule has 0 aromatic carbocycles. The fourth-order valence-electron chi connectivity index (χ4n) is 3.49. The van der Waals surface area contributed by atoms with Gasteiger partial charge in [-0.3, -0.25) is 9.69 Å². The summed E-state index contributed by atoms with van der Waals surface area (Å²) in [6.07, 6.45) is 3.64. The Labute approximate surface area is 151 Å². The number of aliphatic hydroxyl groups excluding tert-OH is 1. The second-order valence-corrected chi connectivity index (χ2v) is 7.68. The second kappa shape index (κ2) is 8.40. The summed E-state index contributed by atoms with van der Waals surface area (Å²) in [6.45, 7) is 6.83. The molecule has 0 saturated carbocycles. The van der Waals surface area contributed by atoms with Gasteiger partial charge in [-0.15, -0.1) is 11.3 Å². The van der Waals surface area contributed by atoms with Crippen LogP contribution in [0.25, 0.3) is 10.2 Å². The van der Waals surface area contributed by atoms with Crippen molar-refractivity contribution in [1.82, 2.24) is 14.9 Å². The van der Waals surface area contributed by atoms with Crippen LogP contribution in [-0.2, 0) is 24.1 Å². The van der Waals surface area contributed by atoms with E-state index in [1.54, 1.807) is 11.3 Å². The Kier molecular flexibility index (Phi) is 6.22. The number of hydrogen-bond donors (Lipinski definition) is 2. The van der Waals surface area contributed by atoms with Gasteiger partial charge in [0, 0.05) is 18.0 Å². The van der Waals surface area contributed by atoms with Gasteiger partial charge in [0.15, 0.2) is 0 Å². The number of nitrogens with zero attached hydrogens (tertiary/aromatic N) is 2. The van der Waals surface area contributed by atoms with E-state index in [2.05, 4.69) is 16.8 Å². The Hall–Kier alpha value is -1.28. The molecule has 1 aliphatic rings. The topological polar surface area (TPSA) is 78.5 Å². The predicted molar refractivity (Wildman–Crippen MR) is 100 cm³/mol. The molecule has 3 rings (SSSR count). The normalized spacial score (nSPS) is 15.2. The van der Waals surface area contributed by atoms with Crippen LogP contribution in [0, 0.1) is 0 Å². The molecule has 2 aromatic rings. The van der Waals surface area contributed by atoms with Crippen LogP contribution in [0.3, 0.4) is 0 Å². The van der Waals surface area contributed by atoms with E-state index in [0.717, 1.165) is 42.4 Å². The van der Waals surface area contributed by atoms with Gasteiger partial charge < -0.3 is 14.8 Å². The summed E-state index contributed by atoms with van der Waals surface area (Å²) in [5.41, 5.74) is 1.18. The molecule has 7 heteroatoms. The van der Waals surface area contributed by atoms with Crippen molar-refractivity contribution < 1.29 is 9.84 Å². The number of H-pyrrole nitrogens is 1. The van der Waals surface area contributed by atoms with Crippen LogP contribution in [0.15, 0.2) is 4.79 Å². The third-order valence-electron chi connectivity index (χ3n) is 4.52. The Bertz CT molecular complexity index is 771. The maximum Gasteiger partial charge on any atom is 0.259 e. The lowest BCUT2D eigenvalue weighted by atomic mass is 10.2. The van der Waals surface area contributed by atoms with E-state index in [1.165, 1.54) is 10.4 Å². The van der Waals surface area contributed by atoms with Gasteiger partial charge in [-0.25, -0.2) is 4.98 Å². The van der Waals surface area contributed by atoms with E-state index in [9.17, 15) is 9.90 Å². The molecule has 6 nitrogen and oxygen atoms in total. The third kappa shape index (κ3) is 4.28. The lowest BCUT2D eigenvalue weighted by molar-refractivity contribution is 0.0192. The molecular formula is C18H27N3O3S. The molecule has 1 atom stereocenters. The molecule has 0 fully saturated rings. The average molecular weight is 365 g/mol. The van der Waals surface area contributed by atoms with Crippen LogP contribution in [-0.4, -0.2) is 52.4 Å². The number of thiophene rings is 1. The summed E-state index contributed by atoms with van der Waals surface area (Å²) in [7, 11) is 0. The van der Waals surface area contributed by atoms with E-state index in [1.807, 2.05) is 6.92 Å². The number of aryl methyl sites for hydroxylation is 2. The van der Waals surface area contributed by atoms with E-state index in [4.69, 9.17) is 9.72 Å². The van der Waals surface area contributed by atoms with Crippen molar-refractivity contribution in [2.75, 3.05) is 26.3 Å². The largest absolute Gasteiger partial charge is 0.389 e. The van der Waals surface area contributed by atoms with E-state index < -0.39 is 6.10 Å². The first-order valence-corrected chi connectivity index (χ1v) is 9.95. The summed E-state index contributed by atoms with van der Waals surface area (Å²) in [6, 6.07) is 0. The van der Waals surface area contributed by atoms with Gasteiger partial charge >= 0.3 is 0 Å². The van der Waals surface area contributed by atoms with Crippen molar-refractivity contribution in [3.05, 3.63) is 26.6 Å². The first-order valence-electron chi connectivity index (χ1n) is 9.14. The second-order valence-electron chi connectivity index (χ2n) is 6.60. The van der Waals surface area contributed by atoms with Gasteiger partial charge in [-0.2, -0.15) is 0 Å². The first kappa shape index (κ1) is 18.5. The average Bonchev–Trinajstić information content (AvgIpc) is 3.13. The van der Waals surface area contributed by atoms with Crippen LogP contribution in [0.4, 0.5) is 0 Å². The summed E-state index contributed by atoms with van der Waals surface area (Å²) in [5.74, 6) is 0.675. The summed E-state index contributed by atoms with van der Waals surface area (Å²) >= 11 is 1.66. The Morgan fingerprint density at radius 2 is 2.24 bits per heavy atom. The minimum absolute atomic E-state index is 0.0225. The quantitative estimate of drug-likeness (QED) is 0.711. The molecule has 138 valence electrons. The number of ether oxygens (including phenoxy) is 1. The number of aromatic amines is 1. The Morgan fingerprint density at radius 1 is 1.40 bits per heavy atom. The van der Waals surface area contributed by atoms with Crippen LogP contribution in [0.5, 0.6) is 0 Å². The number of aliphatic hydroxyl groups is 1. The molecule has 0 radical (unpaired) electrons. The van der Waals surface area contributed by atoms with Gasteiger partial charge in [0.2, 0.25) is 0 Å². The van der Waals surface area contributed by atoms with E-state index >= 15 is 0 Å². The number of aromatic nitrogens is 2. The van der Waals surface area contributed by atoms with Crippen molar-refractivity contribution in [2.45, 2.75) is 52.2 Å². The van der Waals surface area contributed by atoms with Gasteiger partial charge in [-0.05, 0) is 44.7 Å². The highest BCUT2D eigenvalue weighted by atomic mass is 32.1. The lowest BCUT2D eigenvalue weighted by Gasteiger charge is -2.24. The molecule has 0 spiro atoms. The van der Waals surface area contributed by atoms with Crippen LogP contribution in [0.2, 0.25) is 0 Å². The maximum absolute atomic E-state index is 12.5. The molecule has 0 amide bonds. The molecule has 1 aliphatic carbocycles. The van der Waals surface area contributed by atoms with Crippen molar-refractivity contribution in [3.63, 3.8) is 0 Å². The molecule has 2 heterocycles. The standard InChI is InChI=1S/C18H27N3O3S/c1-3-8-21(9-12(22)11-24-4-2)10-15-19-17(23)16-13-6-5-7-14(13)25-18(16)20-15/h12,22H,3-11H2,1-2H3,(H,19,20,23)/t12-/m0/s1. The van der Waals surface area contributed by atoms with Crippen LogP contribution in [0.1, 0.15) is 43.0 Å². The minimum Gasteiger partial charge on any atom is -0.389 e. The highest BCUT2D eigenvalue weighted by Crippen LogP contribution is 2.34.